The molecular formula is C20H19N5O3. The molecule has 4 rings (SSSR count). The van der Waals surface area contributed by atoms with Gasteiger partial charge in [0.05, 0.1) is 17.9 Å². The van der Waals surface area contributed by atoms with Crippen molar-refractivity contribution in [3.8, 4) is 11.5 Å². The Morgan fingerprint density at radius 3 is 2.82 bits per heavy atom. The maximum atomic E-state index is 12.5. The molecule has 0 radical (unpaired) electrons. The average Bonchev–Trinajstić information content (AvgIpc) is 2.73. The van der Waals surface area contributed by atoms with E-state index in [0.717, 1.165) is 11.4 Å². The van der Waals surface area contributed by atoms with E-state index in [-0.39, 0.29) is 12.5 Å². The quantitative estimate of drug-likeness (QED) is 0.626. The van der Waals surface area contributed by atoms with E-state index in [1.807, 2.05) is 18.2 Å². The van der Waals surface area contributed by atoms with E-state index < -0.39 is 6.10 Å². The number of nitrogen functional groups attached to an aromatic ring is 1. The Hall–Kier alpha value is -3.81. The number of ether oxygens (including phenoxy) is 2. The summed E-state index contributed by atoms with van der Waals surface area (Å²) in [4.78, 5) is 20.9. The molecule has 1 aliphatic heterocycles. The van der Waals surface area contributed by atoms with Crippen molar-refractivity contribution in [3.05, 3.63) is 66.6 Å². The third kappa shape index (κ3) is 3.96. The van der Waals surface area contributed by atoms with Crippen LogP contribution in [0.3, 0.4) is 0 Å². The Morgan fingerprint density at radius 2 is 1.96 bits per heavy atom. The molecule has 0 bridgehead atoms. The number of nitrogens with two attached hydrogens (primary N) is 1. The van der Waals surface area contributed by atoms with Crippen molar-refractivity contribution < 1.29 is 14.3 Å². The minimum atomic E-state index is -0.722. The first kappa shape index (κ1) is 17.6. The average molecular weight is 377 g/mol. The predicted molar refractivity (Wildman–Crippen MR) is 105 cm³/mol. The molecule has 1 unspecified atom stereocenters. The molecule has 8 nitrogen and oxygen atoms in total. The molecule has 0 aliphatic carbocycles. The molecule has 1 aliphatic rings. The normalized spacial score (nSPS) is 14.9. The molecule has 0 saturated carbocycles. The molecule has 3 heterocycles. The lowest BCUT2D eigenvalue weighted by Gasteiger charge is -2.25. The SMILES string of the molecule is Nc1ncccc1NCc1cc(NC(=O)C2COc3ccccc3O2)ccn1. The number of anilines is 3. The summed E-state index contributed by atoms with van der Waals surface area (Å²) < 4.78 is 11.3. The van der Waals surface area contributed by atoms with Crippen LogP contribution in [0.15, 0.2) is 60.9 Å². The molecule has 142 valence electrons. The van der Waals surface area contributed by atoms with Crippen molar-refractivity contribution in [3.63, 3.8) is 0 Å². The van der Waals surface area contributed by atoms with Crippen molar-refractivity contribution in [2.45, 2.75) is 12.6 Å². The molecule has 0 saturated heterocycles. The fourth-order valence-corrected chi connectivity index (χ4v) is 2.78. The highest BCUT2D eigenvalue weighted by Crippen LogP contribution is 2.31. The van der Waals surface area contributed by atoms with Crippen molar-refractivity contribution in [1.82, 2.24) is 9.97 Å². The number of aromatic nitrogens is 2. The van der Waals surface area contributed by atoms with Gasteiger partial charge in [0.2, 0.25) is 6.10 Å². The van der Waals surface area contributed by atoms with Crippen molar-refractivity contribution >= 4 is 23.1 Å². The van der Waals surface area contributed by atoms with E-state index in [2.05, 4.69) is 20.6 Å². The second kappa shape index (κ2) is 7.83. The van der Waals surface area contributed by atoms with E-state index >= 15 is 0 Å². The van der Waals surface area contributed by atoms with E-state index in [4.69, 9.17) is 15.2 Å². The number of para-hydroxylation sites is 2. The van der Waals surface area contributed by atoms with Gasteiger partial charge >= 0.3 is 0 Å². The van der Waals surface area contributed by atoms with Gasteiger partial charge in [0.25, 0.3) is 5.91 Å². The first-order valence-electron chi connectivity index (χ1n) is 8.78. The number of pyridine rings is 2. The minimum absolute atomic E-state index is 0.155. The zero-order valence-electron chi connectivity index (χ0n) is 15.0. The molecule has 2 aromatic heterocycles. The van der Waals surface area contributed by atoms with Crippen LogP contribution in [-0.4, -0.2) is 28.6 Å². The highest BCUT2D eigenvalue weighted by Gasteiger charge is 2.27. The number of nitrogens with zero attached hydrogens (tertiary/aromatic N) is 2. The summed E-state index contributed by atoms with van der Waals surface area (Å²) in [7, 11) is 0. The topological polar surface area (TPSA) is 111 Å². The number of hydrogen-bond acceptors (Lipinski definition) is 7. The molecule has 1 amide bonds. The van der Waals surface area contributed by atoms with Crippen LogP contribution in [0.1, 0.15) is 5.69 Å². The van der Waals surface area contributed by atoms with E-state index in [1.165, 1.54) is 0 Å². The second-order valence-corrected chi connectivity index (χ2v) is 6.18. The van der Waals surface area contributed by atoms with Gasteiger partial charge in [-0.05, 0) is 36.4 Å². The summed E-state index contributed by atoms with van der Waals surface area (Å²) >= 11 is 0. The van der Waals surface area contributed by atoms with E-state index in [0.29, 0.717) is 29.5 Å². The van der Waals surface area contributed by atoms with Gasteiger partial charge in [-0.25, -0.2) is 4.98 Å². The van der Waals surface area contributed by atoms with Crippen LogP contribution in [0.5, 0.6) is 11.5 Å². The number of carbonyl (C=O) groups is 1. The molecule has 28 heavy (non-hydrogen) atoms. The van der Waals surface area contributed by atoms with Gasteiger partial charge in [-0.1, -0.05) is 12.1 Å². The lowest BCUT2D eigenvalue weighted by atomic mass is 10.2. The molecule has 0 spiro atoms. The van der Waals surface area contributed by atoms with Gasteiger partial charge in [-0.2, -0.15) is 0 Å². The Labute approximate surface area is 161 Å². The Kier molecular flexibility index (Phi) is 4.92. The maximum Gasteiger partial charge on any atom is 0.269 e. The maximum absolute atomic E-state index is 12.5. The molecular weight excluding hydrogens is 358 g/mol. The largest absolute Gasteiger partial charge is 0.485 e. The van der Waals surface area contributed by atoms with Gasteiger partial charge in [-0.3, -0.25) is 9.78 Å². The van der Waals surface area contributed by atoms with E-state index in [9.17, 15) is 4.79 Å². The molecule has 1 atom stereocenters. The van der Waals surface area contributed by atoms with Crippen LogP contribution in [0.2, 0.25) is 0 Å². The first-order chi connectivity index (χ1) is 13.7. The van der Waals surface area contributed by atoms with Crippen LogP contribution in [-0.2, 0) is 11.3 Å². The van der Waals surface area contributed by atoms with Crippen molar-refractivity contribution in [2.75, 3.05) is 23.0 Å². The highest BCUT2D eigenvalue weighted by atomic mass is 16.6. The monoisotopic (exact) mass is 377 g/mol. The van der Waals surface area contributed by atoms with Gasteiger partial charge in [-0.15, -0.1) is 0 Å². The second-order valence-electron chi connectivity index (χ2n) is 6.18. The van der Waals surface area contributed by atoms with E-state index in [1.54, 1.807) is 42.7 Å². The Morgan fingerprint density at radius 1 is 1.11 bits per heavy atom. The number of rotatable bonds is 5. The summed E-state index contributed by atoms with van der Waals surface area (Å²) in [5, 5.41) is 6.02. The van der Waals surface area contributed by atoms with Gasteiger partial charge in [0.15, 0.2) is 11.5 Å². The summed E-state index contributed by atoms with van der Waals surface area (Å²) in [5.41, 5.74) is 7.91. The molecule has 4 N–H and O–H groups in total. The Bertz CT molecular complexity index is 995. The first-order valence-corrected chi connectivity index (χ1v) is 8.78. The van der Waals surface area contributed by atoms with Crippen molar-refractivity contribution in [1.29, 1.82) is 0 Å². The number of carbonyl (C=O) groups excluding carboxylic acids is 1. The van der Waals surface area contributed by atoms with Crippen LogP contribution in [0.4, 0.5) is 17.2 Å². The zero-order chi connectivity index (χ0) is 19.3. The lowest BCUT2D eigenvalue weighted by Crippen LogP contribution is -2.40. The fraction of sp³-hybridized carbons (Fsp3) is 0.150. The number of benzene rings is 1. The smallest absolute Gasteiger partial charge is 0.269 e. The molecule has 8 heteroatoms. The third-order valence-electron chi connectivity index (χ3n) is 4.18. The minimum Gasteiger partial charge on any atom is -0.485 e. The summed E-state index contributed by atoms with van der Waals surface area (Å²) in [5.74, 6) is 1.33. The third-order valence-corrected chi connectivity index (χ3v) is 4.18. The van der Waals surface area contributed by atoms with Crippen LogP contribution < -0.4 is 25.8 Å². The standard InChI is InChI=1S/C20H19N5O3/c21-19-15(4-3-8-23-19)24-11-14-10-13(7-9-22-14)25-20(26)18-12-27-16-5-1-2-6-17(16)28-18/h1-10,18,24H,11-12H2,(H2,21,23)(H,22,25,26). The number of nitrogens with one attached hydrogen (secondary N) is 2. The number of fused-ring (bicyclic) bond motifs is 1. The zero-order valence-corrected chi connectivity index (χ0v) is 15.0. The summed E-state index contributed by atoms with van der Waals surface area (Å²) in [6, 6.07) is 14.4. The highest BCUT2D eigenvalue weighted by molar-refractivity contribution is 5.94. The number of hydrogen-bond donors (Lipinski definition) is 3. The van der Waals surface area contributed by atoms with Crippen LogP contribution in [0, 0.1) is 0 Å². The van der Waals surface area contributed by atoms with Crippen LogP contribution in [0.25, 0.3) is 0 Å². The summed E-state index contributed by atoms with van der Waals surface area (Å²) in [6.45, 7) is 0.596. The fourth-order valence-electron chi connectivity index (χ4n) is 2.78. The van der Waals surface area contributed by atoms with Gasteiger partial charge in [0, 0.05) is 18.1 Å². The summed E-state index contributed by atoms with van der Waals surface area (Å²) in [6.07, 6.45) is 2.54. The Balaban J connectivity index is 1.38. The van der Waals surface area contributed by atoms with Crippen molar-refractivity contribution in [2.24, 2.45) is 0 Å². The van der Waals surface area contributed by atoms with Gasteiger partial charge in [0.1, 0.15) is 12.4 Å². The molecule has 1 aromatic carbocycles. The molecule has 3 aromatic rings. The van der Waals surface area contributed by atoms with Crippen LogP contribution >= 0.6 is 0 Å². The lowest BCUT2D eigenvalue weighted by molar-refractivity contribution is -0.125. The number of amides is 1. The van der Waals surface area contributed by atoms with Gasteiger partial charge < -0.3 is 25.8 Å². The molecule has 0 fully saturated rings. The predicted octanol–water partition coefficient (Wildman–Crippen LogP) is 2.45.